The van der Waals surface area contributed by atoms with Crippen LogP contribution in [0.2, 0.25) is 0 Å². The van der Waals surface area contributed by atoms with Crippen LogP contribution < -0.4 is 15.5 Å². The number of nitrogens with zero attached hydrogens (tertiary/aromatic N) is 2. The largest absolute Gasteiger partial charge is 0.391 e. The van der Waals surface area contributed by atoms with Gasteiger partial charge in [-0.2, -0.15) is 0 Å². The Labute approximate surface area is 141 Å². The van der Waals surface area contributed by atoms with E-state index < -0.39 is 6.10 Å². The van der Waals surface area contributed by atoms with Crippen LogP contribution in [0.15, 0.2) is 30.3 Å². The fraction of sp³-hybridized carbons (Fsp3) is 0.444. The van der Waals surface area contributed by atoms with E-state index in [0.717, 1.165) is 35.1 Å². The molecule has 1 aromatic carbocycles. The quantitative estimate of drug-likeness (QED) is 0.756. The number of hydrogen-bond acceptors (Lipinski definition) is 4. The summed E-state index contributed by atoms with van der Waals surface area (Å²) in [4.78, 5) is 18.5. The number of carbonyl (C=O) groups excluding carboxylic acids is 1. The Balaban J connectivity index is 1.66. The van der Waals surface area contributed by atoms with Gasteiger partial charge in [-0.05, 0) is 36.5 Å². The standard InChI is InChI=1S/C18H24N4O2/c1-22(2)17-9-13(14-5-3-4-6-15(14)21-17)10-19-18(24)20-11-16(23)12-7-8-12/h3-6,9,12,16,23H,7-8,10-11H2,1-2H3,(H2,19,20,24). The first-order valence-electron chi connectivity index (χ1n) is 8.30. The van der Waals surface area contributed by atoms with E-state index in [0.29, 0.717) is 19.0 Å². The van der Waals surface area contributed by atoms with Crippen molar-refractivity contribution in [2.45, 2.75) is 25.5 Å². The van der Waals surface area contributed by atoms with Crippen molar-refractivity contribution in [1.29, 1.82) is 0 Å². The second kappa shape index (κ2) is 7.05. The lowest BCUT2D eigenvalue weighted by molar-refractivity contribution is 0.149. The molecule has 1 saturated carbocycles. The van der Waals surface area contributed by atoms with Crippen LogP contribution in [0.25, 0.3) is 10.9 Å². The molecule has 3 rings (SSSR count). The highest BCUT2D eigenvalue weighted by molar-refractivity contribution is 5.84. The summed E-state index contributed by atoms with van der Waals surface area (Å²) in [5.41, 5.74) is 1.92. The first-order valence-corrected chi connectivity index (χ1v) is 8.30. The van der Waals surface area contributed by atoms with Crippen LogP contribution in [0.4, 0.5) is 10.6 Å². The van der Waals surface area contributed by atoms with Gasteiger partial charge in [-0.15, -0.1) is 0 Å². The van der Waals surface area contributed by atoms with Crippen molar-refractivity contribution in [3.63, 3.8) is 0 Å². The number of benzene rings is 1. The molecule has 2 aromatic rings. The van der Waals surface area contributed by atoms with Gasteiger partial charge in [0.2, 0.25) is 0 Å². The van der Waals surface area contributed by atoms with Crippen LogP contribution in [0.5, 0.6) is 0 Å². The lowest BCUT2D eigenvalue weighted by atomic mass is 10.1. The van der Waals surface area contributed by atoms with E-state index >= 15 is 0 Å². The smallest absolute Gasteiger partial charge is 0.315 e. The van der Waals surface area contributed by atoms with Crippen molar-refractivity contribution >= 4 is 22.8 Å². The number of hydrogen-bond donors (Lipinski definition) is 3. The van der Waals surface area contributed by atoms with Gasteiger partial charge < -0.3 is 20.6 Å². The Kier molecular flexibility index (Phi) is 4.85. The summed E-state index contributed by atoms with van der Waals surface area (Å²) >= 11 is 0. The average Bonchev–Trinajstić information content (AvgIpc) is 3.42. The summed E-state index contributed by atoms with van der Waals surface area (Å²) in [6, 6.07) is 9.63. The maximum absolute atomic E-state index is 12.0. The second-order valence-electron chi connectivity index (χ2n) is 6.52. The number of urea groups is 1. The fourth-order valence-corrected chi connectivity index (χ4v) is 2.69. The molecule has 0 radical (unpaired) electrons. The van der Waals surface area contributed by atoms with Gasteiger partial charge in [0.15, 0.2) is 0 Å². The molecule has 6 nitrogen and oxygen atoms in total. The van der Waals surface area contributed by atoms with Gasteiger partial charge in [0.25, 0.3) is 0 Å². The average molecular weight is 328 g/mol. The van der Waals surface area contributed by atoms with Crippen LogP contribution in [0.1, 0.15) is 18.4 Å². The number of aliphatic hydroxyl groups excluding tert-OH is 1. The Bertz CT molecular complexity index is 728. The van der Waals surface area contributed by atoms with Crippen molar-refractivity contribution in [2.24, 2.45) is 5.92 Å². The molecule has 1 aliphatic rings. The minimum absolute atomic E-state index is 0.262. The lowest BCUT2D eigenvalue weighted by Crippen LogP contribution is -2.40. The summed E-state index contributed by atoms with van der Waals surface area (Å²) in [5, 5.41) is 16.4. The van der Waals surface area contributed by atoms with Crippen molar-refractivity contribution in [3.8, 4) is 0 Å². The van der Waals surface area contributed by atoms with E-state index in [1.165, 1.54) is 0 Å². The van der Waals surface area contributed by atoms with Crippen LogP contribution in [-0.4, -0.2) is 42.9 Å². The van der Waals surface area contributed by atoms with Crippen molar-refractivity contribution in [2.75, 3.05) is 25.5 Å². The number of rotatable bonds is 6. The molecular weight excluding hydrogens is 304 g/mol. The molecule has 1 fully saturated rings. The molecule has 0 aliphatic heterocycles. The zero-order valence-corrected chi connectivity index (χ0v) is 14.1. The van der Waals surface area contributed by atoms with Crippen molar-refractivity contribution < 1.29 is 9.90 Å². The summed E-state index contributed by atoms with van der Waals surface area (Å²) in [5.74, 6) is 1.21. The maximum atomic E-state index is 12.0. The minimum atomic E-state index is -0.433. The first-order chi connectivity index (χ1) is 11.5. The van der Waals surface area contributed by atoms with E-state index in [2.05, 4.69) is 15.6 Å². The van der Waals surface area contributed by atoms with E-state index in [1.807, 2.05) is 49.3 Å². The molecule has 0 spiro atoms. The molecule has 1 aliphatic carbocycles. The van der Waals surface area contributed by atoms with E-state index in [1.54, 1.807) is 0 Å². The number of pyridine rings is 1. The highest BCUT2D eigenvalue weighted by Gasteiger charge is 2.29. The Morgan fingerprint density at radius 1 is 1.33 bits per heavy atom. The third kappa shape index (κ3) is 3.94. The molecule has 0 saturated heterocycles. The number of anilines is 1. The Morgan fingerprint density at radius 3 is 2.79 bits per heavy atom. The van der Waals surface area contributed by atoms with Crippen LogP contribution >= 0.6 is 0 Å². The number of carbonyl (C=O) groups is 1. The highest BCUT2D eigenvalue weighted by atomic mass is 16.3. The van der Waals surface area contributed by atoms with Crippen molar-refractivity contribution in [1.82, 2.24) is 15.6 Å². The van der Waals surface area contributed by atoms with Crippen LogP contribution in [0.3, 0.4) is 0 Å². The van der Waals surface area contributed by atoms with Crippen LogP contribution in [0, 0.1) is 5.92 Å². The SMILES string of the molecule is CN(C)c1cc(CNC(=O)NCC(O)C2CC2)c2ccccc2n1. The fourth-order valence-electron chi connectivity index (χ4n) is 2.69. The Morgan fingerprint density at radius 2 is 2.08 bits per heavy atom. The first kappa shape index (κ1) is 16.5. The molecular formula is C18H24N4O2. The molecule has 128 valence electrons. The molecule has 1 heterocycles. The van der Waals surface area contributed by atoms with Gasteiger partial charge in [-0.3, -0.25) is 0 Å². The molecule has 3 N–H and O–H groups in total. The highest BCUT2D eigenvalue weighted by Crippen LogP contribution is 2.32. The summed E-state index contributed by atoms with van der Waals surface area (Å²) in [6.45, 7) is 0.714. The molecule has 1 aromatic heterocycles. The number of fused-ring (bicyclic) bond motifs is 1. The second-order valence-corrected chi connectivity index (χ2v) is 6.52. The molecule has 1 atom stereocenters. The van der Waals surface area contributed by atoms with E-state index in [-0.39, 0.29) is 6.03 Å². The third-order valence-electron chi connectivity index (χ3n) is 4.32. The van der Waals surface area contributed by atoms with Gasteiger partial charge in [0, 0.05) is 32.6 Å². The molecule has 24 heavy (non-hydrogen) atoms. The maximum Gasteiger partial charge on any atom is 0.315 e. The molecule has 2 amide bonds. The van der Waals surface area contributed by atoms with Crippen LogP contribution in [-0.2, 0) is 6.54 Å². The number of amides is 2. The molecule has 0 bridgehead atoms. The van der Waals surface area contributed by atoms with Gasteiger partial charge >= 0.3 is 6.03 Å². The number of aromatic nitrogens is 1. The number of nitrogens with one attached hydrogen (secondary N) is 2. The van der Waals surface area contributed by atoms with E-state index in [9.17, 15) is 9.90 Å². The van der Waals surface area contributed by atoms with Crippen molar-refractivity contribution in [3.05, 3.63) is 35.9 Å². The van der Waals surface area contributed by atoms with Gasteiger partial charge in [0.05, 0.1) is 11.6 Å². The van der Waals surface area contributed by atoms with Gasteiger partial charge in [0.1, 0.15) is 5.82 Å². The summed E-state index contributed by atoms with van der Waals surface area (Å²) in [6.07, 6.45) is 1.68. The summed E-state index contributed by atoms with van der Waals surface area (Å²) in [7, 11) is 3.89. The predicted molar refractivity (Wildman–Crippen MR) is 95.0 cm³/mol. The minimum Gasteiger partial charge on any atom is -0.391 e. The normalized spacial score (nSPS) is 15.1. The van der Waals surface area contributed by atoms with Gasteiger partial charge in [-0.25, -0.2) is 9.78 Å². The van der Waals surface area contributed by atoms with Gasteiger partial charge in [-0.1, -0.05) is 18.2 Å². The third-order valence-corrected chi connectivity index (χ3v) is 4.32. The lowest BCUT2D eigenvalue weighted by Gasteiger charge is -2.16. The summed E-state index contributed by atoms with van der Waals surface area (Å²) < 4.78 is 0. The molecule has 1 unspecified atom stereocenters. The predicted octanol–water partition coefficient (Wildman–Crippen LogP) is 1.87. The van der Waals surface area contributed by atoms with E-state index in [4.69, 9.17) is 0 Å². The zero-order chi connectivity index (χ0) is 17.1. The monoisotopic (exact) mass is 328 g/mol. The topological polar surface area (TPSA) is 77.5 Å². The Hall–Kier alpha value is -2.34. The zero-order valence-electron chi connectivity index (χ0n) is 14.1. The number of aliphatic hydroxyl groups is 1. The molecule has 6 heteroatoms. The number of para-hydroxylation sites is 1.